The standard InChI is InChI=1S/C23H27NO4/c1-3-27-21-12-10-19(15-22(21)28-4-2)24-23(26)13-11-20(25)18-9-8-16-6-5-7-17(16)14-18/h8-10,12,14-15H,3-7,11,13H2,1-2H3,(H,24,26). The van der Waals surface area contributed by atoms with Gasteiger partial charge in [0.2, 0.25) is 5.91 Å². The fourth-order valence-electron chi connectivity index (χ4n) is 3.47. The molecule has 5 nitrogen and oxygen atoms in total. The molecular weight excluding hydrogens is 354 g/mol. The number of carbonyl (C=O) groups is 2. The zero-order chi connectivity index (χ0) is 19.9. The molecule has 0 spiro atoms. The summed E-state index contributed by atoms with van der Waals surface area (Å²) in [6.45, 7) is 4.85. The lowest BCUT2D eigenvalue weighted by Gasteiger charge is -2.13. The third-order valence-corrected chi connectivity index (χ3v) is 4.83. The molecule has 0 saturated heterocycles. The Morgan fingerprint density at radius 1 is 0.893 bits per heavy atom. The summed E-state index contributed by atoms with van der Waals surface area (Å²) in [6, 6.07) is 11.2. The largest absolute Gasteiger partial charge is 0.490 e. The smallest absolute Gasteiger partial charge is 0.224 e. The van der Waals surface area contributed by atoms with Gasteiger partial charge in [-0.3, -0.25) is 9.59 Å². The lowest BCUT2D eigenvalue weighted by molar-refractivity contribution is -0.116. The predicted octanol–water partition coefficient (Wildman–Crippen LogP) is 4.57. The van der Waals surface area contributed by atoms with Gasteiger partial charge >= 0.3 is 0 Å². The molecule has 0 fully saturated rings. The normalized spacial score (nSPS) is 12.4. The van der Waals surface area contributed by atoms with Crippen LogP contribution in [-0.4, -0.2) is 24.9 Å². The molecule has 1 aliphatic rings. The average molecular weight is 381 g/mol. The first-order chi connectivity index (χ1) is 13.6. The number of benzene rings is 2. The van der Waals surface area contributed by atoms with E-state index in [9.17, 15) is 9.59 Å². The van der Waals surface area contributed by atoms with Crippen LogP contribution in [0.3, 0.4) is 0 Å². The summed E-state index contributed by atoms with van der Waals surface area (Å²) in [5.41, 5.74) is 3.94. The Kier molecular flexibility index (Phi) is 6.69. The molecule has 0 radical (unpaired) electrons. The monoisotopic (exact) mass is 381 g/mol. The highest BCUT2D eigenvalue weighted by Crippen LogP contribution is 2.30. The van der Waals surface area contributed by atoms with Crippen LogP contribution in [0.25, 0.3) is 0 Å². The minimum Gasteiger partial charge on any atom is -0.490 e. The number of carbonyl (C=O) groups excluding carboxylic acids is 2. The minimum atomic E-state index is -0.193. The first kappa shape index (κ1) is 19.9. The molecule has 1 amide bonds. The number of aryl methyl sites for hydroxylation is 2. The SMILES string of the molecule is CCOc1ccc(NC(=O)CCC(=O)c2ccc3c(c2)CCC3)cc1OCC. The molecular formula is C23H27NO4. The lowest BCUT2D eigenvalue weighted by Crippen LogP contribution is -2.14. The quantitative estimate of drug-likeness (QED) is 0.646. The number of ketones is 1. The van der Waals surface area contributed by atoms with E-state index >= 15 is 0 Å². The van der Waals surface area contributed by atoms with Crippen LogP contribution in [0.15, 0.2) is 36.4 Å². The van der Waals surface area contributed by atoms with Gasteiger partial charge in [0.15, 0.2) is 17.3 Å². The van der Waals surface area contributed by atoms with Crippen LogP contribution in [0, 0.1) is 0 Å². The van der Waals surface area contributed by atoms with Crippen LogP contribution in [0.5, 0.6) is 11.5 Å². The molecule has 28 heavy (non-hydrogen) atoms. The second-order valence-electron chi connectivity index (χ2n) is 6.84. The Morgan fingerprint density at radius 2 is 1.64 bits per heavy atom. The predicted molar refractivity (Wildman–Crippen MR) is 109 cm³/mol. The van der Waals surface area contributed by atoms with Gasteiger partial charge in [-0.2, -0.15) is 0 Å². The number of amides is 1. The molecule has 5 heteroatoms. The van der Waals surface area contributed by atoms with Gasteiger partial charge in [0.25, 0.3) is 0 Å². The minimum absolute atomic E-state index is 0.00606. The summed E-state index contributed by atoms with van der Waals surface area (Å²) in [5, 5.41) is 2.83. The fourth-order valence-corrected chi connectivity index (χ4v) is 3.47. The molecule has 3 rings (SSSR count). The number of Topliss-reactive ketones (excluding diaryl/α,β-unsaturated/α-hetero) is 1. The molecule has 2 aromatic rings. The summed E-state index contributed by atoms with van der Waals surface area (Å²) >= 11 is 0. The van der Waals surface area contributed by atoms with Crippen molar-refractivity contribution in [3.63, 3.8) is 0 Å². The molecule has 0 aromatic heterocycles. The van der Waals surface area contributed by atoms with Crippen LogP contribution < -0.4 is 14.8 Å². The van der Waals surface area contributed by atoms with E-state index in [2.05, 4.69) is 5.32 Å². The Hall–Kier alpha value is -2.82. The summed E-state index contributed by atoms with van der Waals surface area (Å²) in [4.78, 5) is 24.7. The van der Waals surface area contributed by atoms with Crippen LogP contribution in [-0.2, 0) is 17.6 Å². The van der Waals surface area contributed by atoms with Gasteiger partial charge in [-0.1, -0.05) is 12.1 Å². The first-order valence-electron chi connectivity index (χ1n) is 9.95. The fraction of sp³-hybridized carbons (Fsp3) is 0.391. The van der Waals surface area contributed by atoms with Crippen molar-refractivity contribution < 1.29 is 19.1 Å². The topological polar surface area (TPSA) is 64.6 Å². The van der Waals surface area contributed by atoms with Gasteiger partial charge in [-0.05, 0) is 62.4 Å². The average Bonchev–Trinajstić information content (AvgIpc) is 3.16. The van der Waals surface area contributed by atoms with Crippen molar-refractivity contribution in [1.29, 1.82) is 0 Å². The van der Waals surface area contributed by atoms with Gasteiger partial charge in [-0.25, -0.2) is 0 Å². The zero-order valence-corrected chi connectivity index (χ0v) is 16.5. The van der Waals surface area contributed by atoms with Crippen LogP contribution in [0.4, 0.5) is 5.69 Å². The highest BCUT2D eigenvalue weighted by molar-refractivity contribution is 6.00. The molecule has 0 aliphatic heterocycles. The first-order valence-corrected chi connectivity index (χ1v) is 9.95. The zero-order valence-electron chi connectivity index (χ0n) is 16.5. The Labute approximate surface area is 166 Å². The van der Waals surface area contributed by atoms with Crippen molar-refractivity contribution >= 4 is 17.4 Å². The third kappa shape index (κ3) is 4.91. The Morgan fingerprint density at radius 3 is 2.43 bits per heavy atom. The van der Waals surface area contributed by atoms with Crippen LogP contribution in [0.2, 0.25) is 0 Å². The Bertz CT molecular complexity index is 860. The molecule has 1 aliphatic carbocycles. The maximum Gasteiger partial charge on any atom is 0.224 e. The maximum absolute atomic E-state index is 12.4. The van der Waals surface area contributed by atoms with Crippen molar-refractivity contribution in [2.24, 2.45) is 0 Å². The maximum atomic E-state index is 12.4. The van der Waals surface area contributed by atoms with E-state index in [1.54, 1.807) is 18.2 Å². The number of rotatable bonds is 9. The molecule has 148 valence electrons. The third-order valence-electron chi connectivity index (χ3n) is 4.83. The van der Waals surface area contributed by atoms with Crippen molar-refractivity contribution in [2.75, 3.05) is 18.5 Å². The van der Waals surface area contributed by atoms with Crippen molar-refractivity contribution in [3.05, 3.63) is 53.1 Å². The molecule has 2 aromatic carbocycles. The van der Waals surface area contributed by atoms with E-state index in [0.717, 1.165) is 19.3 Å². The number of anilines is 1. The number of ether oxygens (including phenoxy) is 2. The van der Waals surface area contributed by atoms with Crippen LogP contribution >= 0.6 is 0 Å². The van der Waals surface area contributed by atoms with Gasteiger partial charge in [0.1, 0.15) is 0 Å². The lowest BCUT2D eigenvalue weighted by atomic mass is 10.0. The highest BCUT2D eigenvalue weighted by atomic mass is 16.5. The van der Waals surface area contributed by atoms with E-state index in [4.69, 9.17) is 9.47 Å². The van der Waals surface area contributed by atoms with Crippen LogP contribution in [0.1, 0.15) is 54.6 Å². The summed E-state index contributed by atoms with van der Waals surface area (Å²) in [6.07, 6.45) is 3.63. The van der Waals surface area contributed by atoms with Gasteiger partial charge in [0, 0.05) is 30.2 Å². The second-order valence-corrected chi connectivity index (χ2v) is 6.84. The molecule has 0 unspecified atom stereocenters. The molecule has 0 heterocycles. The van der Waals surface area contributed by atoms with Gasteiger partial charge in [0.05, 0.1) is 13.2 Å². The van der Waals surface area contributed by atoms with E-state index in [1.807, 2.05) is 32.0 Å². The van der Waals surface area contributed by atoms with E-state index in [0.29, 0.717) is 36.0 Å². The summed E-state index contributed by atoms with van der Waals surface area (Å²) in [7, 11) is 0. The van der Waals surface area contributed by atoms with Crippen molar-refractivity contribution in [1.82, 2.24) is 0 Å². The molecule has 1 N–H and O–H groups in total. The van der Waals surface area contributed by atoms with E-state index in [-0.39, 0.29) is 24.5 Å². The molecule has 0 atom stereocenters. The van der Waals surface area contributed by atoms with E-state index in [1.165, 1.54) is 11.1 Å². The van der Waals surface area contributed by atoms with Gasteiger partial charge in [-0.15, -0.1) is 0 Å². The Balaban J connectivity index is 1.56. The van der Waals surface area contributed by atoms with E-state index < -0.39 is 0 Å². The highest BCUT2D eigenvalue weighted by Gasteiger charge is 2.15. The summed E-state index contributed by atoms with van der Waals surface area (Å²) in [5.74, 6) is 1.05. The molecule has 0 saturated carbocycles. The van der Waals surface area contributed by atoms with Gasteiger partial charge < -0.3 is 14.8 Å². The second kappa shape index (κ2) is 9.40. The van der Waals surface area contributed by atoms with Crippen molar-refractivity contribution in [2.45, 2.75) is 46.0 Å². The number of hydrogen-bond acceptors (Lipinski definition) is 4. The number of nitrogens with one attached hydrogen (secondary N) is 1. The number of hydrogen-bond donors (Lipinski definition) is 1. The summed E-state index contributed by atoms with van der Waals surface area (Å²) < 4.78 is 11.1. The number of fused-ring (bicyclic) bond motifs is 1. The molecule has 0 bridgehead atoms. The van der Waals surface area contributed by atoms with Crippen molar-refractivity contribution in [3.8, 4) is 11.5 Å².